The molecule has 1 aromatic carbocycles. The summed E-state index contributed by atoms with van der Waals surface area (Å²) in [6.45, 7) is 4.77. The summed E-state index contributed by atoms with van der Waals surface area (Å²) in [6, 6.07) is 5.87. The average Bonchev–Trinajstić information content (AvgIpc) is 2.89. The Balaban J connectivity index is 1.99. The van der Waals surface area contributed by atoms with Crippen LogP contribution in [0.4, 0.5) is 0 Å². The van der Waals surface area contributed by atoms with E-state index < -0.39 is 0 Å². The molecule has 1 aromatic heterocycles. The molecule has 116 valence electrons. The predicted octanol–water partition coefficient (Wildman–Crippen LogP) is 2.41. The van der Waals surface area contributed by atoms with Crippen LogP contribution in [0, 0.1) is 0 Å². The third-order valence-electron chi connectivity index (χ3n) is 3.59. The fourth-order valence-electron chi connectivity index (χ4n) is 1.95. The number of imidazole rings is 1. The highest BCUT2D eigenvalue weighted by Crippen LogP contribution is 2.24. The molecule has 0 amide bonds. The first-order chi connectivity index (χ1) is 10.1. The van der Waals surface area contributed by atoms with Gasteiger partial charge in [0.15, 0.2) is 5.16 Å². The van der Waals surface area contributed by atoms with E-state index in [1.54, 1.807) is 11.8 Å². The Kier molecular flexibility index (Phi) is 5.50. The van der Waals surface area contributed by atoms with Gasteiger partial charge in [0.05, 0.1) is 24.2 Å². The molecule has 1 unspecified atom stereocenters. The smallest absolute Gasteiger partial charge is 0.166 e. The second kappa shape index (κ2) is 7.15. The quantitative estimate of drug-likeness (QED) is 0.653. The number of aliphatic hydroxyl groups excluding tert-OH is 1. The molecule has 21 heavy (non-hydrogen) atoms. The maximum Gasteiger partial charge on any atom is 0.166 e. The van der Waals surface area contributed by atoms with Gasteiger partial charge in [-0.25, -0.2) is 4.98 Å². The van der Waals surface area contributed by atoms with Crippen LogP contribution in [-0.2, 0) is 0 Å². The van der Waals surface area contributed by atoms with Crippen molar-refractivity contribution in [2.75, 3.05) is 26.0 Å². The van der Waals surface area contributed by atoms with Gasteiger partial charge in [0.1, 0.15) is 5.75 Å². The molecule has 2 rings (SSSR count). The fraction of sp³-hybridized carbons (Fsp3) is 0.533. The number of nitrogens with zero attached hydrogens (tertiary/aromatic N) is 1. The monoisotopic (exact) mass is 309 g/mol. The lowest BCUT2D eigenvalue weighted by molar-refractivity contribution is 0.179. The van der Waals surface area contributed by atoms with Gasteiger partial charge in [-0.1, -0.05) is 11.8 Å². The van der Waals surface area contributed by atoms with Crippen molar-refractivity contribution in [2.24, 2.45) is 0 Å². The van der Waals surface area contributed by atoms with Gasteiger partial charge in [-0.2, -0.15) is 0 Å². The van der Waals surface area contributed by atoms with E-state index in [1.165, 1.54) is 0 Å². The van der Waals surface area contributed by atoms with Crippen LogP contribution in [-0.4, -0.2) is 46.6 Å². The third-order valence-corrected chi connectivity index (χ3v) is 4.46. The number of hydrogen-bond donors (Lipinski definition) is 3. The van der Waals surface area contributed by atoms with Crippen LogP contribution >= 0.6 is 11.8 Å². The molecule has 1 heterocycles. The van der Waals surface area contributed by atoms with Crippen LogP contribution in [0.3, 0.4) is 0 Å². The summed E-state index contributed by atoms with van der Waals surface area (Å²) in [5.74, 6) is 1.74. The molecule has 0 radical (unpaired) electrons. The number of ether oxygens (including phenoxy) is 1. The van der Waals surface area contributed by atoms with Crippen LogP contribution in [0.5, 0.6) is 5.75 Å². The number of nitrogens with one attached hydrogen (secondary N) is 2. The minimum atomic E-state index is -0.235. The summed E-state index contributed by atoms with van der Waals surface area (Å²) in [4.78, 5) is 7.86. The van der Waals surface area contributed by atoms with E-state index in [4.69, 9.17) is 4.74 Å². The van der Waals surface area contributed by atoms with Crippen molar-refractivity contribution in [3.8, 4) is 5.75 Å². The summed E-state index contributed by atoms with van der Waals surface area (Å²) < 4.78 is 5.49. The number of aromatic amines is 1. The lowest BCUT2D eigenvalue weighted by Gasteiger charge is -2.26. The van der Waals surface area contributed by atoms with Crippen molar-refractivity contribution < 1.29 is 9.84 Å². The number of aromatic nitrogens is 2. The number of hydrogen-bond acceptors (Lipinski definition) is 5. The van der Waals surface area contributed by atoms with Gasteiger partial charge in [0.2, 0.25) is 0 Å². The molecule has 0 saturated carbocycles. The molecule has 2 aromatic rings. The van der Waals surface area contributed by atoms with Crippen molar-refractivity contribution in [1.82, 2.24) is 15.3 Å². The van der Waals surface area contributed by atoms with Crippen molar-refractivity contribution in [1.29, 1.82) is 0 Å². The van der Waals surface area contributed by atoms with Gasteiger partial charge in [-0.15, -0.1) is 0 Å². The topological polar surface area (TPSA) is 70.2 Å². The number of likely N-dealkylation sites (N-methyl/N-ethyl adjacent to an activating group) is 1. The predicted molar refractivity (Wildman–Crippen MR) is 87.2 cm³/mol. The number of thioether (sulfide) groups is 1. The highest BCUT2D eigenvalue weighted by Gasteiger charge is 2.20. The van der Waals surface area contributed by atoms with Gasteiger partial charge in [0, 0.05) is 17.4 Å². The zero-order valence-electron chi connectivity index (χ0n) is 12.8. The minimum absolute atomic E-state index is 0.127. The largest absolute Gasteiger partial charge is 0.494 e. The van der Waals surface area contributed by atoms with E-state index in [0.29, 0.717) is 6.61 Å². The zero-order valence-corrected chi connectivity index (χ0v) is 13.6. The molecule has 1 atom stereocenters. The maximum atomic E-state index is 9.37. The molecule has 0 aliphatic rings. The van der Waals surface area contributed by atoms with Crippen molar-refractivity contribution in [2.45, 2.75) is 31.0 Å². The summed E-state index contributed by atoms with van der Waals surface area (Å²) in [7, 11) is 1.87. The second-order valence-electron chi connectivity index (χ2n) is 5.22. The normalized spacial score (nSPS) is 14.3. The number of aliphatic hydroxyl groups is 1. The van der Waals surface area contributed by atoms with Crippen LogP contribution in [0.1, 0.15) is 20.3 Å². The molecule has 6 heteroatoms. The Hall–Kier alpha value is -1.24. The van der Waals surface area contributed by atoms with E-state index in [1.807, 2.05) is 39.1 Å². The Labute approximate surface area is 129 Å². The number of benzene rings is 1. The Morgan fingerprint density at radius 1 is 1.48 bits per heavy atom. The van der Waals surface area contributed by atoms with E-state index in [0.717, 1.165) is 34.1 Å². The molecular weight excluding hydrogens is 286 g/mol. The summed E-state index contributed by atoms with van der Waals surface area (Å²) in [5, 5.41) is 13.4. The van der Waals surface area contributed by atoms with Crippen LogP contribution in [0.2, 0.25) is 0 Å². The Morgan fingerprint density at radius 2 is 2.29 bits per heavy atom. The van der Waals surface area contributed by atoms with Crippen molar-refractivity contribution in [3.05, 3.63) is 18.2 Å². The first-order valence-electron chi connectivity index (χ1n) is 7.15. The van der Waals surface area contributed by atoms with Gasteiger partial charge < -0.3 is 20.1 Å². The lowest BCUT2D eigenvalue weighted by atomic mass is 10.0. The highest BCUT2D eigenvalue weighted by molar-refractivity contribution is 7.99. The molecule has 5 nitrogen and oxygen atoms in total. The van der Waals surface area contributed by atoms with E-state index >= 15 is 0 Å². The Bertz CT molecular complexity index is 581. The average molecular weight is 309 g/mol. The highest BCUT2D eigenvalue weighted by atomic mass is 32.2. The number of H-pyrrole nitrogens is 1. The minimum Gasteiger partial charge on any atom is -0.494 e. The maximum absolute atomic E-state index is 9.37. The molecule has 0 bridgehead atoms. The number of fused-ring (bicyclic) bond motifs is 1. The molecule has 0 spiro atoms. The molecule has 0 aliphatic carbocycles. The van der Waals surface area contributed by atoms with Crippen molar-refractivity contribution in [3.63, 3.8) is 0 Å². The van der Waals surface area contributed by atoms with Crippen LogP contribution in [0.15, 0.2) is 23.4 Å². The van der Waals surface area contributed by atoms with Gasteiger partial charge >= 0.3 is 0 Å². The summed E-state index contributed by atoms with van der Waals surface area (Å²) in [6.07, 6.45) is 0.867. The SMILES string of the molecule is CCOc1ccc2nc(SCCC(C)(CO)NC)[nH]c2c1. The Morgan fingerprint density at radius 3 is 2.95 bits per heavy atom. The third kappa shape index (κ3) is 4.12. The molecule has 0 aliphatic heterocycles. The summed E-state index contributed by atoms with van der Waals surface area (Å²) in [5.41, 5.74) is 1.70. The van der Waals surface area contributed by atoms with Gasteiger partial charge in [0.25, 0.3) is 0 Å². The number of rotatable bonds is 8. The standard InChI is InChI=1S/C15H23N3O2S/c1-4-20-11-5-6-12-13(9-11)18-14(17-12)21-8-7-15(2,10-19)16-3/h5-6,9,16,19H,4,7-8,10H2,1-3H3,(H,17,18). The molecular formula is C15H23N3O2S. The zero-order chi connectivity index (χ0) is 15.3. The summed E-state index contributed by atoms with van der Waals surface area (Å²) >= 11 is 1.66. The first kappa shape index (κ1) is 16.1. The van der Waals surface area contributed by atoms with E-state index in [2.05, 4.69) is 15.3 Å². The van der Waals surface area contributed by atoms with Crippen LogP contribution < -0.4 is 10.1 Å². The van der Waals surface area contributed by atoms with E-state index in [9.17, 15) is 5.11 Å². The van der Waals surface area contributed by atoms with Gasteiger partial charge in [-0.05, 0) is 39.4 Å². The lowest BCUT2D eigenvalue weighted by Crippen LogP contribution is -2.43. The fourth-order valence-corrected chi connectivity index (χ4v) is 3.04. The van der Waals surface area contributed by atoms with Crippen molar-refractivity contribution >= 4 is 22.8 Å². The molecule has 3 N–H and O–H groups in total. The molecule has 0 saturated heterocycles. The van der Waals surface area contributed by atoms with E-state index in [-0.39, 0.29) is 12.1 Å². The van der Waals surface area contributed by atoms with Crippen LogP contribution in [0.25, 0.3) is 11.0 Å². The first-order valence-corrected chi connectivity index (χ1v) is 8.14. The second-order valence-corrected chi connectivity index (χ2v) is 6.30. The van der Waals surface area contributed by atoms with Gasteiger partial charge in [-0.3, -0.25) is 0 Å². The molecule has 0 fully saturated rings.